The van der Waals surface area contributed by atoms with Crippen molar-refractivity contribution in [2.75, 3.05) is 11.9 Å². The number of hydrogen-bond donors (Lipinski definition) is 2. The van der Waals surface area contributed by atoms with Gasteiger partial charge >= 0.3 is 0 Å². The summed E-state index contributed by atoms with van der Waals surface area (Å²) in [6, 6.07) is 5.23. The van der Waals surface area contributed by atoms with Crippen molar-refractivity contribution in [1.82, 2.24) is 5.16 Å². The first-order valence-electron chi connectivity index (χ1n) is 7.63. The maximum absolute atomic E-state index is 12.1. The second-order valence-corrected chi connectivity index (χ2v) is 5.26. The third-order valence-electron chi connectivity index (χ3n) is 3.60. The van der Waals surface area contributed by atoms with Crippen molar-refractivity contribution in [3.05, 3.63) is 40.8 Å². The molecular formula is C17H22N2O4. The van der Waals surface area contributed by atoms with Crippen LogP contribution in [0.2, 0.25) is 0 Å². The predicted octanol–water partition coefficient (Wildman–Crippen LogP) is 2.75. The second-order valence-electron chi connectivity index (χ2n) is 5.26. The predicted molar refractivity (Wildman–Crippen MR) is 86.5 cm³/mol. The zero-order valence-electron chi connectivity index (χ0n) is 13.7. The molecule has 0 saturated heterocycles. The lowest BCUT2D eigenvalue weighted by Gasteiger charge is -2.11. The van der Waals surface area contributed by atoms with E-state index in [1.165, 1.54) is 0 Å². The molecule has 124 valence electrons. The number of aromatic nitrogens is 1. The summed E-state index contributed by atoms with van der Waals surface area (Å²) in [6.45, 7) is 5.97. The molecule has 0 radical (unpaired) electrons. The number of nitrogens with zero attached hydrogens (tertiary/aromatic N) is 1. The van der Waals surface area contributed by atoms with Gasteiger partial charge in [0.2, 0.25) is 5.91 Å². The molecule has 1 aromatic heterocycles. The van der Waals surface area contributed by atoms with Gasteiger partial charge in [0, 0.05) is 23.2 Å². The molecular weight excluding hydrogens is 296 g/mol. The van der Waals surface area contributed by atoms with E-state index in [0.717, 1.165) is 17.0 Å². The van der Waals surface area contributed by atoms with Gasteiger partial charge in [0.05, 0.1) is 18.9 Å². The summed E-state index contributed by atoms with van der Waals surface area (Å²) in [7, 11) is 0. The molecule has 0 bridgehead atoms. The Morgan fingerprint density at radius 3 is 2.78 bits per heavy atom. The Kier molecular flexibility index (Phi) is 5.76. The highest BCUT2D eigenvalue weighted by molar-refractivity contribution is 5.91. The second kappa shape index (κ2) is 7.78. The Labute approximate surface area is 135 Å². The first-order chi connectivity index (χ1) is 11.0. The van der Waals surface area contributed by atoms with Crippen LogP contribution < -0.4 is 10.1 Å². The van der Waals surface area contributed by atoms with Crippen LogP contribution >= 0.6 is 0 Å². The van der Waals surface area contributed by atoms with Crippen molar-refractivity contribution in [1.29, 1.82) is 0 Å². The molecule has 1 heterocycles. The summed E-state index contributed by atoms with van der Waals surface area (Å²) in [5.74, 6) is 1.28. The van der Waals surface area contributed by atoms with E-state index in [0.29, 0.717) is 36.4 Å². The molecule has 2 rings (SSSR count). The van der Waals surface area contributed by atoms with Gasteiger partial charge in [-0.15, -0.1) is 0 Å². The Bertz CT molecular complexity index is 660. The minimum atomic E-state index is -0.141. The summed E-state index contributed by atoms with van der Waals surface area (Å²) in [5, 5.41) is 16.1. The molecule has 0 aliphatic heterocycles. The number of aryl methyl sites for hydroxylation is 2. The van der Waals surface area contributed by atoms with E-state index < -0.39 is 0 Å². The molecule has 23 heavy (non-hydrogen) atoms. The molecule has 0 unspecified atom stereocenters. The van der Waals surface area contributed by atoms with Crippen LogP contribution in [0.3, 0.4) is 0 Å². The number of ether oxygens (including phenoxy) is 1. The molecule has 0 aliphatic rings. The summed E-state index contributed by atoms with van der Waals surface area (Å²) < 4.78 is 10.5. The highest BCUT2D eigenvalue weighted by Crippen LogP contribution is 2.23. The van der Waals surface area contributed by atoms with E-state index in [1.807, 2.05) is 20.8 Å². The number of anilines is 1. The van der Waals surface area contributed by atoms with E-state index in [2.05, 4.69) is 10.5 Å². The number of hydrogen-bond acceptors (Lipinski definition) is 5. The summed E-state index contributed by atoms with van der Waals surface area (Å²) in [4.78, 5) is 12.1. The monoisotopic (exact) mass is 318 g/mol. The Morgan fingerprint density at radius 2 is 2.17 bits per heavy atom. The van der Waals surface area contributed by atoms with Crippen molar-refractivity contribution in [2.45, 2.75) is 40.2 Å². The van der Waals surface area contributed by atoms with Crippen molar-refractivity contribution < 1.29 is 19.2 Å². The topological polar surface area (TPSA) is 84.6 Å². The third kappa shape index (κ3) is 4.32. The van der Waals surface area contributed by atoms with E-state index >= 15 is 0 Å². The zero-order valence-corrected chi connectivity index (χ0v) is 13.7. The number of aliphatic hydroxyl groups is 1. The molecule has 6 heteroatoms. The lowest BCUT2D eigenvalue weighted by Crippen LogP contribution is -2.13. The van der Waals surface area contributed by atoms with Gasteiger partial charge in [-0.25, -0.2) is 0 Å². The van der Waals surface area contributed by atoms with E-state index in [1.54, 1.807) is 18.2 Å². The van der Waals surface area contributed by atoms with Gasteiger partial charge in [-0.3, -0.25) is 4.79 Å². The summed E-state index contributed by atoms with van der Waals surface area (Å²) >= 11 is 0. The molecule has 1 amide bonds. The third-order valence-corrected chi connectivity index (χ3v) is 3.60. The van der Waals surface area contributed by atoms with Crippen LogP contribution in [-0.4, -0.2) is 22.8 Å². The van der Waals surface area contributed by atoms with Crippen LogP contribution in [0.25, 0.3) is 0 Å². The molecule has 2 N–H and O–H groups in total. The first kappa shape index (κ1) is 17.0. The number of rotatable bonds is 7. The van der Waals surface area contributed by atoms with Crippen molar-refractivity contribution in [2.24, 2.45) is 0 Å². The van der Waals surface area contributed by atoms with E-state index in [-0.39, 0.29) is 12.5 Å². The fourth-order valence-electron chi connectivity index (χ4n) is 2.40. The molecule has 1 aromatic carbocycles. The molecule has 0 saturated carbocycles. The van der Waals surface area contributed by atoms with Crippen LogP contribution in [0.4, 0.5) is 5.69 Å². The normalized spacial score (nSPS) is 10.6. The fraction of sp³-hybridized carbons (Fsp3) is 0.412. The highest BCUT2D eigenvalue weighted by atomic mass is 16.5. The zero-order chi connectivity index (χ0) is 16.8. The average molecular weight is 318 g/mol. The molecule has 2 aromatic rings. The highest BCUT2D eigenvalue weighted by Gasteiger charge is 2.12. The number of aliphatic hydroxyl groups excluding tert-OH is 1. The van der Waals surface area contributed by atoms with Crippen LogP contribution in [0, 0.1) is 13.8 Å². The minimum absolute atomic E-state index is 0.0990. The summed E-state index contributed by atoms with van der Waals surface area (Å²) in [6.07, 6.45) is 0.918. The van der Waals surface area contributed by atoms with Crippen molar-refractivity contribution in [3.63, 3.8) is 0 Å². The number of amides is 1. The van der Waals surface area contributed by atoms with Gasteiger partial charge in [-0.2, -0.15) is 0 Å². The molecule has 0 spiro atoms. The van der Waals surface area contributed by atoms with Crippen LogP contribution in [0.15, 0.2) is 22.7 Å². The van der Waals surface area contributed by atoms with Gasteiger partial charge in [-0.1, -0.05) is 5.16 Å². The Hall–Kier alpha value is -2.34. The lowest BCUT2D eigenvalue weighted by molar-refractivity contribution is -0.116. The number of benzene rings is 1. The quantitative estimate of drug-likeness (QED) is 0.820. The SMILES string of the molecule is CCOc1ccc(NC(=O)CCc2c(C)noc2C)cc1CO. The van der Waals surface area contributed by atoms with Crippen LogP contribution in [0.1, 0.15) is 35.9 Å². The van der Waals surface area contributed by atoms with Crippen LogP contribution in [-0.2, 0) is 17.8 Å². The number of carbonyl (C=O) groups excluding carboxylic acids is 1. The lowest BCUT2D eigenvalue weighted by atomic mass is 10.1. The fourth-order valence-corrected chi connectivity index (χ4v) is 2.40. The average Bonchev–Trinajstić information content (AvgIpc) is 2.85. The maximum Gasteiger partial charge on any atom is 0.224 e. The summed E-state index contributed by atoms with van der Waals surface area (Å²) in [5.41, 5.74) is 3.08. The van der Waals surface area contributed by atoms with Gasteiger partial charge in [-0.05, 0) is 45.4 Å². The van der Waals surface area contributed by atoms with Crippen LogP contribution in [0.5, 0.6) is 5.75 Å². The van der Waals surface area contributed by atoms with Gasteiger partial charge < -0.3 is 19.7 Å². The standard InChI is InChI=1S/C17H22N2O4/c1-4-22-16-7-5-14(9-13(16)10-20)18-17(21)8-6-15-11(2)19-23-12(15)3/h5,7,9,20H,4,6,8,10H2,1-3H3,(H,18,21). The minimum Gasteiger partial charge on any atom is -0.494 e. The maximum atomic E-state index is 12.1. The molecule has 0 atom stereocenters. The van der Waals surface area contributed by atoms with Gasteiger partial charge in [0.15, 0.2) is 0 Å². The molecule has 0 fully saturated rings. The number of carbonyl (C=O) groups is 1. The molecule has 6 nitrogen and oxygen atoms in total. The van der Waals surface area contributed by atoms with Gasteiger partial charge in [0.1, 0.15) is 11.5 Å². The first-order valence-corrected chi connectivity index (χ1v) is 7.63. The Balaban J connectivity index is 1.97. The molecule has 0 aliphatic carbocycles. The smallest absolute Gasteiger partial charge is 0.224 e. The Morgan fingerprint density at radius 1 is 1.39 bits per heavy atom. The van der Waals surface area contributed by atoms with Crippen molar-refractivity contribution >= 4 is 11.6 Å². The van der Waals surface area contributed by atoms with Crippen molar-refractivity contribution in [3.8, 4) is 5.75 Å². The van der Waals surface area contributed by atoms with E-state index in [9.17, 15) is 9.90 Å². The van der Waals surface area contributed by atoms with Gasteiger partial charge in [0.25, 0.3) is 0 Å². The number of nitrogens with one attached hydrogen (secondary N) is 1. The largest absolute Gasteiger partial charge is 0.494 e. The van der Waals surface area contributed by atoms with E-state index in [4.69, 9.17) is 9.26 Å².